The molecule has 0 aromatic heterocycles. The molecule has 0 rings (SSSR count). The van der Waals surface area contributed by atoms with Crippen molar-refractivity contribution in [1.29, 1.82) is 0 Å². The fraction of sp³-hybridized carbons (Fsp3) is 1.00. The lowest BCUT2D eigenvalue weighted by atomic mass is 9.99. The molecule has 326 valence electrons. The van der Waals surface area contributed by atoms with Crippen LogP contribution in [-0.4, -0.2) is 184 Å². The largest absolute Gasteiger partial charge is 0.389 e. The van der Waals surface area contributed by atoms with Gasteiger partial charge in [-0.1, -0.05) is 0 Å². The van der Waals surface area contributed by atoms with Gasteiger partial charge in [0.05, 0.1) is 50.7 Å². The SMILES string of the molecule is NCCOCC(N)C(O)C(O)C(COCCN(C(P(=O)(O)O)P(=O)(O)O)C(P(=O)(O)O)P(=O)(O)O)N(C(P(=O)(O)O)P(=O)(O)O)C(P(=O)(O)O)P(=O)(O)O. The van der Waals surface area contributed by atoms with Crippen molar-refractivity contribution >= 4 is 60.8 Å². The van der Waals surface area contributed by atoms with E-state index in [-0.39, 0.29) is 13.2 Å². The van der Waals surface area contributed by atoms with Gasteiger partial charge in [0.1, 0.15) is 0 Å². The van der Waals surface area contributed by atoms with Gasteiger partial charge in [0, 0.05) is 13.1 Å². The molecule has 0 radical (unpaired) electrons. The van der Waals surface area contributed by atoms with Gasteiger partial charge in [-0.15, -0.1) is 0 Å². The molecule has 0 aliphatic rings. The maximum atomic E-state index is 12.4. The lowest BCUT2D eigenvalue weighted by molar-refractivity contribution is -0.0829. The van der Waals surface area contributed by atoms with Gasteiger partial charge in [-0.2, -0.15) is 0 Å². The lowest BCUT2D eigenvalue weighted by Crippen LogP contribution is -2.61. The van der Waals surface area contributed by atoms with Crippen molar-refractivity contribution < 1.29 is 135 Å². The molecule has 0 aliphatic carbocycles. The van der Waals surface area contributed by atoms with Gasteiger partial charge in [-0.25, -0.2) is 4.90 Å². The summed E-state index contributed by atoms with van der Waals surface area (Å²) in [6, 6.07) is -5.07. The highest BCUT2D eigenvalue weighted by molar-refractivity contribution is 7.73. The molecule has 0 aliphatic heterocycles. The second-order valence-corrected chi connectivity index (χ2v) is 25.9. The summed E-state index contributed by atoms with van der Waals surface area (Å²) in [5.41, 5.74) is -4.84. The molecule has 0 aromatic rings. The number of hydrogen-bond donors (Lipinski definition) is 20. The first-order valence-electron chi connectivity index (χ1n) is 13.6. The average molecular weight is 962 g/mol. The maximum Gasteiger partial charge on any atom is 0.355 e. The van der Waals surface area contributed by atoms with E-state index in [4.69, 9.17) is 20.9 Å². The Morgan fingerprint density at radius 2 is 0.759 bits per heavy atom. The second kappa shape index (κ2) is 20.0. The molecule has 40 heteroatoms. The van der Waals surface area contributed by atoms with Crippen molar-refractivity contribution in [2.75, 3.05) is 39.5 Å². The van der Waals surface area contributed by atoms with Crippen LogP contribution in [0.3, 0.4) is 0 Å². The van der Waals surface area contributed by atoms with Crippen LogP contribution in [0.1, 0.15) is 0 Å². The number of nitrogens with zero attached hydrogens (tertiary/aromatic N) is 2. The first-order valence-corrected chi connectivity index (χ1v) is 27.0. The number of ether oxygens (including phenoxy) is 2. The van der Waals surface area contributed by atoms with Crippen molar-refractivity contribution in [2.45, 2.75) is 46.4 Å². The zero-order valence-corrected chi connectivity index (χ0v) is 33.8. The molecule has 0 saturated heterocycles. The lowest BCUT2D eigenvalue weighted by Gasteiger charge is -2.45. The molecule has 0 aromatic carbocycles. The first kappa shape index (κ1) is 54.9. The van der Waals surface area contributed by atoms with Crippen molar-refractivity contribution in [3.8, 4) is 0 Å². The summed E-state index contributed by atoms with van der Waals surface area (Å²) in [6.07, 6.45) is -5.74. The molecule has 54 heavy (non-hydrogen) atoms. The Bertz CT molecular complexity index is 1440. The smallest absolute Gasteiger partial charge is 0.355 e. The number of aliphatic hydroxyl groups excluding tert-OH is 2. The highest BCUT2D eigenvalue weighted by Crippen LogP contribution is 2.70. The summed E-state index contributed by atoms with van der Waals surface area (Å²) in [6.45, 7) is -6.71. The van der Waals surface area contributed by atoms with Gasteiger partial charge in [0.2, 0.25) is 22.1 Å². The molecule has 0 bridgehead atoms. The van der Waals surface area contributed by atoms with Crippen molar-refractivity contribution in [3.05, 3.63) is 0 Å². The van der Waals surface area contributed by atoms with E-state index in [1.807, 2.05) is 0 Å². The summed E-state index contributed by atoms with van der Waals surface area (Å²) >= 11 is 0. The number of nitrogens with two attached hydrogens (primary N) is 2. The van der Waals surface area contributed by atoms with E-state index in [1.54, 1.807) is 0 Å². The molecule has 22 N–H and O–H groups in total. The van der Waals surface area contributed by atoms with E-state index < -0.39 is 143 Å². The molecule has 4 unspecified atom stereocenters. The highest BCUT2D eigenvalue weighted by atomic mass is 31.3. The average Bonchev–Trinajstić information content (AvgIpc) is 2.85. The summed E-state index contributed by atoms with van der Waals surface area (Å²) in [5.74, 6) is 0. The third-order valence-corrected chi connectivity index (χ3v) is 20.7. The van der Waals surface area contributed by atoms with Gasteiger partial charge in [-0.05, 0) is 0 Å². The van der Waals surface area contributed by atoms with E-state index in [9.17, 15) is 125 Å². The minimum absolute atomic E-state index is 0.180. The van der Waals surface area contributed by atoms with Crippen LogP contribution in [0.4, 0.5) is 0 Å². The third kappa shape index (κ3) is 16.5. The molecule has 32 nitrogen and oxygen atoms in total. The summed E-state index contributed by atoms with van der Waals surface area (Å²) < 4.78 is 108. The molecular weight excluding hydrogens is 920 g/mol. The van der Waals surface area contributed by atoms with Crippen LogP contribution < -0.4 is 11.5 Å². The Morgan fingerprint density at radius 3 is 1.04 bits per heavy atom. The number of aliphatic hydroxyl groups is 2. The molecule has 0 fully saturated rings. The van der Waals surface area contributed by atoms with E-state index in [0.717, 1.165) is 0 Å². The van der Waals surface area contributed by atoms with E-state index in [1.165, 1.54) is 0 Å². The zero-order chi connectivity index (χ0) is 43.4. The summed E-state index contributed by atoms with van der Waals surface area (Å²) in [5, 5.41) is 21.8. The fourth-order valence-corrected chi connectivity index (χ4v) is 16.9. The van der Waals surface area contributed by atoms with E-state index in [2.05, 4.69) is 0 Å². The number of hydrogen-bond acceptors (Lipinski definition) is 16. The van der Waals surface area contributed by atoms with Crippen LogP contribution in [0.2, 0.25) is 0 Å². The van der Waals surface area contributed by atoms with Crippen LogP contribution in [0.5, 0.6) is 0 Å². The molecule has 4 atom stereocenters. The molecular formula is C14H42N4O28P8. The minimum atomic E-state index is -6.67. The van der Waals surface area contributed by atoms with Crippen LogP contribution in [-0.2, 0) is 46.0 Å². The molecule has 0 saturated carbocycles. The normalized spacial score (nSPS) is 17.3. The monoisotopic (exact) mass is 962 g/mol. The van der Waals surface area contributed by atoms with E-state index in [0.29, 0.717) is 0 Å². The topological polar surface area (TPSA) is 578 Å². The Labute approximate surface area is 302 Å². The second-order valence-electron chi connectivity index (χ2n) is 10.9. The molecule has 0 spiro atoms. The van der Waals surface area contributed by atoms with Crippen molar-refractivity contribution in [2.24, 2.45) is 11.5 Å². The zero-order valence-electron chi connectivity index (χ0n) is 26.6. The van der Waals surface area contributed by atoms with Gasteiger partial charge in [-0.3, -0.25) is 41.4 Å². The van der Waals surface area contributed by atoms with Crippen LogP contribution in [0, 0.1) is 0 Å². The maximum absolute atomic E-state index is 12.4. The van der Waals surface area contributed by atoms with Gasteiger partial charge >= 0.3 is 60.8 Å². The van der Waals surface area contributed by atoms with Crippen LogP contribution in [0.15, 0.2) is 0 Å². The Balaban J connectivity index is 7.77. The third-order valence-electron chi connectivity index (χ3n) is 6.45. The standard InChI is InChI=1S/C14H42N4O28P8/c15-1-3-45-5-7(16)9(19)10(20)8(18(13(51(33,34)35)52(36,37)38)14(53(39,40)41)54(42,43)44)6-46-4-2-17(11(47(21,22)23)48(24,25)26)12(49(27,28)29)50(30,31)32/h7-14,19-20H,1-6,15-16H2,(H2,21,22,23)(H2,24,25,26)(H2,27,28,29)(H2,30,31,32)(H2,33,34,35)(H2,36,37,38)(H2,39,40,41)(H2,42,43,44). The minimum Gasteiger partial charge on any atom is -0.389 e. The molecule has 0 amide bonds. The predicted octanol–water partition coefficient (Wildman–Crippen LogP) is -6.44. The quantitative estimate of drug-likeness (QED) is 0.0299. The first-order chi connectivity index (χ1) is 23.6. The number of rotatable bonds is 25. The molecule has 0 heterocycles. The van der Waals surface area contributed by atoms with Crippen molar-refractivity contribution in [3.63, 3.8) is 0 Å². The summed E-state index contributed by atoms with van der Waals surface area (Å²) in [7, 11) is -52.4. The highest BCUT2D eigenvalue weighted by Gasteiger charge is 2.62. The summed E-state index contributed by atoms with van der Waals surface area (Å²) in [4.78, 5) is 154. The van der Waals surface area contributed by atoms with Gasteiger partial charge < -0.3 is 109 Å². The fourth-order valence-electron chi connectivity index (χ4n) is 4.68. The van der Waals surface area contributed by atoms with Crippen molar-refractivity contribution in [1.82, 2.24) is 9.80 Å². The Kier molecular flexibility index (Phi) is 20.3. The van der Waals surface area contributed by atoms with Gasteiger partial charge in [0.25, 0.3) is 0 Å². The van der Waals surface area contributed by atoms with Crippen LogP contribution >= 0.6 is 60.8 Å². The van der Waals surface area contributed by atoms with Gasteiger partial charge in [0.15, 0.2) is 0 Å². The Hall–Kier alpha value is 0.880. The van der Waals surface area contributed by atoms with Crippen LogP contribution in [0.25, 0.3) is 0 Å². The van der Waals surface area contributed by atoms with E-state index >= 15 is 0 Å². The predicted molar refractivity (Wildman–Crippen MR) is 175 cm³/mol. The Morgan fingerprint density at radius 1 is 0.463 bits per heavy atom.